The first-order chi connectivity index (χ1) is 13.7. The Morgan fingerprint density at radius 2 is 2.18 bits per heavy atom. The molecule has 1 aromatic rings. The number of ether oxygens (including phenoxy) is 5. The Bertz CT molecular complexity index is 833. The highest BCUT2D eigenvalue weighted by Gasteiger charge is 2.55. The van der Waals surface area contributed by atoms with Crippen LogP contribution >= 0.6 is 0 Å². The first-order valence-corrected chi connectivity index (χ1v) is 8.22. The zero-order valence-corrected chi connectivity index (χ0v) is 14.9. The zero-order valence-electron chi connectivity index (χ0n) is 15.9. The third-order valence-corrected chi connectivity index (χ3v) is 3.60. The van der Waals surface area contributed by atoms with Gasteiger partial charge >= 0.3 is 18.0 Å². The first-order valence-electron chi connectivity index (χ1n) is 8.72. The molecule has 13 heteroatoms. The van der Waals surface area contributed by atoms with Crippen molar-refractivity contribution in [2.24, 2.45) is 0 Å². The molecule has 0 spiro atoms. The Morgan fingerprint density at radius 1 is 1.43 bits per heavy atom. The molecule has 0 amide bonds. The molecule has 0 bridgehead atoms. The summed E-state index contributed by atoms with van der Waals surface area (Å²) < 4.78 is 33.8. The lowest BCUT2D eigenvalue weighted by molar-refractivity contribution is -0.0735. The van der Waals surface area contributed by atoms with Crippen LogP contribution < -0.4 is 11.2 Å². The summed E-state index contributed by atoms with van der Waals surface area (Å²) >= 11 is 0. The monoisotopic (exact) mass is 402 g/mol. The molecule has 0 aromatic carbocycles. The standard InChI is InChI=1S/C15H19N3O10/c1-7(2)25-14(21)23-6-24-17-9-3-4-18(13(20)16-9)12-11-10(8(5-19)26-12)27-15(22)28-11/h3-4,7-8,10-12,19H,5-6H2,1-2H3,(H,16,17,20)/t8-,10-,11-,12-/m1/s1/i12D. The van der Waals surface area contributed by atoms with Crippen molar-refractivity contribution in [3.05, 3.63) is 22.7 Å². The molecular formula is C15H19N3O10. The average molecular weight is 402 g/mol. The molecule has 2 saturated heterocycles. The van der Waals surface area contributed by atoms with Gasteiger partial charge in [0.05, 0.1) is 14.1 Å². The lowest BCUT2D eigenvalue weighted by atomic mass is 10.1. The van der Waals surface area contributed by atoms with Gasteiger partial charge in [0.1, 0.15) is 6.10 Å². The molecule has 3 heterocycles. The van der Waals surface area contributed by atoms with E-state index >= 15 is 0 Å². The summed E-state index contributed by atoms with van der Waals surface area (Å²) in [7, 11) is 0. The second-order valence-corrected chi connectivity index (χ2v) is 5.94. The van der Waals surface area contributed by atoms with Crippen molar-refractivity contribution < 1.29 is 44.6 Å². The Labute approximate surface area is 159 Å². The van der Waals surface area contributed by atoms with E-state index in [1.165, 1.54) is 6.07 Å². The highest BCUT2D eigenvalue weighted by molar-refractivity contribution is 5.63. The van der Waals surface area contributed by atoms with Gasteiger partial charge in [-0.3, -0.25) is 4.57 Å². The average Bonchev–Trinajstić information content (AvgIpc) is 3.15. The van der Waals surface area contributed by atoms with E-state index in [1.54, 1.807) is 13.8 Å². The molecule has 1 aromatic heterocycles. The maximum absolute atomic E-state index is 12.4. The van der Waals surface area contributed by atoms with E-state index in [0.29, 0.717) is 0 Å². The van der Waals surface area contributed by atoms with E-state index in [-0.39, 0.29) is 11.9 Å². The predicted octanol–water partition coefficient (Wildman–Crippen LogP) is -0.100. The van der Waals surface area contributed by atoms with Crippen LogP contribution in [0.4, 0.5) is 15.4 Å². The fourth-order valence-corrected chi connectivity index (χ4v) is 2.49. The predicted molar refractivity (Wildman–Crippen MR) is 86.9 cm³/mol. The number of hydrogen-bond acceptors (Lipinski definition) is 12. The molecule has 4 atom stereocenters. The Morgan fingerprint density at radius 3 is 2.86 bits per heavy atom. The maximum atomic E-state index is 12.4. The van der Waals surface area contributed by atoms with Gasteiger partial charge < -0.3 is 28.8 Å². The van der Waals surface area contributed by atoms with E-state index in [9.17, 15) is 19.5 Å². The number of aliphatic hydroxyl groups is 1. The van der Waals surface area contributed by atoms with E-state index in [0.717, 1.165) is 10.8 Å². The van der Waals surface area contributed by atoms with Gasteiger partial charge in [0, 0.05) is 6.20 Å². The van der Waals surface area contributed by atoms with Crippen molar-refractivity contribution in [1.29, 1.82) is 0 Å². The number of carbonyl (C=O) groups excluding carboxylic acids is 2. The van der Waals surface area contributed by atoms with Crippen LogP contribution in [0.1, 0.15) is 21.4 Å². The maximum Gasteiger partial charge on any atom is 0.510 e. The fourth-order valence-electron chi connectivity index (χ4n) is 2.49. The van der Waals surface area contributed by atoms with Gasteiger partial charge in [-0.25, -0.2) is 24.7 Å². The molecule has 154 valence electrons. The highest BCUT2D eigenvalue weighted by Crippen LogP contribution is 2.36. The minimum absolute atomic E-state index is 0.0522. The topological polar surface area (TPSA) is 157 Å². The van der Waals surface area contributed by atoms with Crippen LogP contribution in [-0.4, -0.2) is 64.8 Å². The van der Waals surface area contributed by atoms with Gasteiger partial charge in [-0.1, -0.05) is 0 Å². The number of nitrogens with zero attached hydrogens (tertiary/aromatic N) is 2. The van der Waals surface area contributed by atoms with E-state index in [1.807, 2.05) is 0 Å². The number of nitrogens with one attached hydrogen (secondary N) is 1. The van der Waals surface area contributed by atoms with Crippen LogP contribution in [0, 0.1) is 0 Å². The van der Waals surface area contributed by atoms with Crippen molar-refractivity contribution in [3.63, 3.8) is 0 Å². The molecule has 3 rings (SSSR count). The van der Waals surface area contributed by atoms with E-state index in [4.69, 9.17) is 25.2 Å². The summed E-state index contributed by atoms with van der Waals surface area (Å²) in [6.45, 7) is 2.23. The zero-order chi connectivity index (χ0) is 21.2. The minimum atomic E-state index is -2.18. The lowest BCUT2D eigenvalue weighted by Crippen LogP contribution is -2.34. The summed E-state index contributed by atoms with van der Waals surface area (Å²) in [6.07, 6.45) is -6.69. The molecule has 0 radical (unpaired) electrons. The van der Waals surface area contributed by atoms with Crippen molar-refractivity contribution in [2.75, 3.05) is 18.9 Å². The lowest BCUT2D eigenvalue weighted by Gasteiger charge is -2.18. The largest absolute Gasteiger partial charge is 0.510 e. The minimum Gasteiger partial charge on any atom is -0.432 e. The van der Waals surface area contributed by atoms with Gasteiger partial charge in [0.25, 0.3) is 0 Å². The molecule has 2 aliphatic rings. The third kappa shape index (κ3) is 4.32. The van der Waals surface area contributed by atoms with Crippen molar-refractivity contribution in [1.82, 2.24) is 9.55 Å². The first kappa shape index (κ1) is 18.5. The summed E-state index contributed by atoms with van der Waals surface area (Å²) in [5, 5.41) is 9.37. The van der Waals surface area contributed by atoms with Crippen molar-refractivity contribution in [2.45, 2.75) is 44.5 Å². The Kier molecular flexibility index (Phi) is 5.55. The molecule has 2 fully saturated rings. The molecule has 0 saturated carbocycles. The molecule has 0 aliphatic carbocycles. The van der Waals surface area contributed by atoms with Gasteiger partial charge in [-0.2, -0.15) is 4.98 Å². The number of fused-ring (bicyclic) bond motifs is 1. The van der Waals surface area contributed by atoms with Crippen molar-refractivity contribution in [3.8, 4) is 0 Å². The van der Waals surface area contributed by atoms with E-state index < -0.39 is 55.9 Å². The van der Waals surface area contributed by atoms with Crippen LogP contribution in [0.15, 0.2) is 17.1 Å². The van der Waals surface area contributed by atoms with Crippen LogP contribution in [-0.2, 0) is 28.5 Å². The number of hydrogen-bond donors (Lipinski definition) is 2. The summed E-state index contributed by atoms with van der Waals surface area (Å²) in [6, 6.07) is 1.27. The molecule has 0 unspecified atom stereocenters. The number of anilines is 1. The van der Waals surface area contributed by atoms with Crippen LogP contribution in [0.3, 0.4) is 0 Å². The van der Waals surface area contributed by atoms with Gasteiger partial charge in [-0.15, -0.1) is 0 Å². The van der Waals surface area contributed by atoms with Crippen LogP contribution in [0.25, 0.3) is 0 Å². The normalized spacial score (nSPS) is 28.9. The second kappa shape index (κ2) is 8.41. The molecular weight excluding hydrogens is 382 g/mol. The van der Waals surface area contributed by atoms with E-state index in [2.05, 4.69) is 15.2 Å². The second-order valence-electron chi connectivity index (χ2n) is 5.94. The SMILES string of the molecule is [2H][C@@]1(n2ccc(NOCOC(=O)OC(C)C)nc2=O)O[C@H](CO)[C@H]2OC(=O)O[C@H]21. The molecule has 2 aliphatic heterocycles. The van der Waals surface area contributed by atoms with Gasteiger partial charge in [0.2, 0.25) is 6.79 Å². The van der Waals surface area contributed by atoms with Crippen LogP contribution in [0.2, 0.25) is 0 Å². The summed E-state index contributed by atoms with van der Waals surface area (Å²) in [5.74, 6) is -0.0522. The quantitative estimate of drug-likeness (QED) is 0.270. The Balaban J connectivity index is 1.64. The van der Waals surface area contributed by atoms with Gasteiger partial charge in [0.15, 0.2) is 24.2 Å². The molecule has 13 nitrogen and oxygen atoms in total. The number of carbonyl (C=O) groups is 2. The number of aromatic nitrogens is 2. The summed E-state index contributed by atoms with van der Waals surface area (Å²) in [5.41, 5.74) is 1.35. The number of rotatable bonds is 7. The summed E-state index contributed by atoms with van der Waals surface area (Å²) in [4.78, 5) is 43.5. The number of aliphatic hydroxyl groups excluding tert-OH is 1. The third-order valence-electron chi connectivity index (χ3n) is 3.60. The molecule has 2 N–H and O–H groups in total. The molecule has 28 heavy (non-hydrogen) atoms. The van der Waals surface area contributed by atoms with Crippen LogP contribution in [0.5, 0.6) is 0 Å². The smallest absolute Gasteiger partial charge is 0.432 e. The fraction of sp³-hybridized carbons (Fsp3) is 0.600. The van der Waals surface area contributed by atoms with Crippen molar-refractivity contribution >= 4 is 18.1 Å². The van der Waals surface area contributed by atoms with Gasteiger partial charge in [-0.05, 0) is 19.9 Å². The Hall–Kier alpha value is -2.90. The highest BCUT2D eigenvalue weighted by atomic mass is 16.8.